The van der Waals surface area contributed by atoms with E-state index in [1.54, 1.807) is 34.0 Å². The van der Waals surface area contributed by atoms with E-state index in [2.05, 4.69) is 4.74 Å². The molecule has 2 heterocycles. The zero-order valence-corrected chi connectivity index (χ0v) is 24.2. The van der Waals surface area contributed by atoms with Gasteiger partial charge in [-0.25, -0.2) is 21.6 Å². The standard InChI is InChI=1S/C10H14O4S3.C9H14N2O2S3/c1-6(2)17(12,13)8-5-7(9(11)14-3)16-10(8)15-4;1-5(2)16(12,13)7-4-6(8(10)11)15-9(7)14-3/h5-6H,1-4H3;4-5H,1-3H3,(H3,10,11). The number of sulfone groups is 2. The first-order valence-electron chi connectivity index (χ1n) is 9.41. The van der Waals surface area contributed by atoms with Gasteiger partial charge >= 0.3 is 5.97 Å². The third-order valence-electron chi connectivity index (χ3n) is 4.21. The zero-order valence-electron chi connectivity index (χ0n) is 19.3. The van der Waals surface area contributed by atoms with Gasteiger partial charge in [-0.3, -0.25) is 5.41 Å². The minimum atomic E-state index is -3.36. The summed E-state index contributed by atoms with van der Waals surface area (Å²) in [6, 6.07) is 2.89. The van der Waals surface area contributed by atoms with Crippen molar-refractivity contribution in [2.45, 2.75) is 56.4 Å². The van der Waals surface area contributed by atoms with E-state index in [4.69, 9.17) is 11.1 Å². The number of carbonyl (C=O) groups excluding carboxylic acids is 1. The molecule has 2 aromatic rings. The second-order valence-electron chi connectivity index (χ2n) is 7.03. The molecule has 0 fully saturated rings. The first kappa shape index (κ1) is 30.0. The average molecular weight is 573 g/mol. The van der Waals surface area contributed by atoms with Gasteiger partial charge < -0.3 is 10.5 Å². The van der Waals surface area contributed by atoms with Gasteiger partial charge in [-0.2, -0.15) is 0 Å². The number of hydrogen-bond acceptors (Lipinski definition) is 11. The van der Waals surface area contributed by atoms with Crippen LogP contribution in [-0.4, -0.2) is 58.8 Å². The summed E-state index contributed by atoms with van der Waals surface area (Å²) in [5, 5.41) is 6.35. The number of methoxy groups -OCH3 is 1. The summed E-state index contributed by atoms with van der Waals surface area (Å²) in [4.78, 5) is 12.7. The minimum absolute atomic E-state index is 0.0921. The molecular formula is C19H28N2O6S6. The van der Waals surface area contributed by atoms with Gasteiger partial charge in [0.25, 0.3) is 0 Å². The van der Waals surface area contributed by atoms with E-state index in [0.717, 1.165) is 11.3 Å². The van der Waals surface area contributed by atoms with Crippen LogP contribution >= 0.6 is 46.2 Å². The fraction of sp³-hybridized carbons (Fsp3) is 0.474. The Morgan fingerprint density at radius 1 is 0.909 bits per heavy atom. The van der Waals surface area contributed by atoms with Crippen LogP contribution in [-0.2, 0) is 24.4 Å². The van der Waals surface area contributed by atoms with Crippen LogP contribution in [0.15, 0.2) is 30.3 Å². The summed E-state index contributed by atoms with van der Waals surface area (Å²) in [7, 11) is -5.38. The quantitative estimate of drug-likeness (QED) is 0.204. The highest BCUT2D eigenvalue weighted by Crippen LogP contribution is 2.36. The van der Waals surface area contributed by atoms with Crippen molar-refractivity contribution < 1.29 is 26.4 Å². The zero-order chi connectivity index (χ0) is 25.7. The van der Waals surface area contributed by atoms with Crippen LogP contribution < -0.4 is 5.73 Å². The van der Waals surface area contributed by atoms with E-state index in [1.165, 1.54) is 54.1 Å². The van der Waals surface area contributed by atoms with Crippen molar-refractivity contribution in [2.24, 2.45) is 5.73 Å². The number of thiophene rings is 2. The van der Waals surface area contributed by atoms with Crippen LogP contribution in [0.25, 0.3) is 0 Å². The highest BCUT2D eigenvalue weighted by atomic mass is 32.2. The average Bonchev–Trinajstić information content (AvgIpc) is 3.38. The first-order valence-corrected chi connectivity index (χ1v) is 16.6. The van der Waals surface area contributed by atoms with E-state index >= 15 is 0 Å². The number of nitrogens with two attached hydrogens (primary N) is 1. The molecule has 33 heavy (non-hydrogen) atoms. The van der Waals surface area contributed by atoms with Crippen LogP contribution in [0.2, 0.25) is 0 Å². The molecule has 0 unspecified atom stereocenters. The lowest BCUT2D eigenvalue weighted by Gasteiger charge is -2.06. The Bertz CT molecular complexity index is 1210. The van der Waals surface area contributed by atoms with Gasteiger partial charge in [0.1, 0.15) is 10.7 Å². The maximum atomic E-state index is 12.1. The smallest absolute Gasteiger partial charge is 0.348 e. The van der Waals surface area contributed by atoms with Gasteiger partial charge in [-0.1, -0.05) is 0 Å². The number of amidine groups is 1. The first-order chi connectivity index (χ1) is 15.1. The van der Waals surface area contributed by atoms with Crippen LogP contribution in [0, 0.1) is 5.41 Å². The van der Waals surface area contributed by atoms with Crippen molar-refractivity contribution >= 4 is 77.7 Å². The van der Waals surface area contributed by atoms with Crippen molar-refractivity contribution in [2.75, 3.05) is 19.6 Å². The Kier molecular flexibility index (Phi) is 11.0. The lowest BCUT2D eigenvalue weighted by atomic mass is 10.4. The summed E-state index contributed by atoms with van der Waals surface area (Å²) in [5.74, 6) is -0.596. The fourth-order valence-corrected chi connectivity index (χ4v) is 9.65. The van der Waals surface area contributed by atoms with Gasteiger partial charge in [-0.05, 0) is 52.3 Å². The molecule has 186 valence electrons. The van der Waals surface area contributed by atoms with Gasteiger partial charge in [0.15, 0.2) is 19.7 Å². The molecule has 0 aliphatic carbocycles. The second-order valence-corrected chi connectivity index (χ2v) is 16.2. The van der Waals surface area contributed by atoms with Crippen molar-refractivity contribution in [1.82, 2.24) is 0 Å². The number of carbonyl (C=O) groups is 1. The maximum absolute atomic E-state index is 12.1. The van der Waals surface area contributed by atoms with Crippen molar-refractivity contribution in [3.63, 3.8) is 0 Å². The van der Waals surface area contributed by atoms with Crippen LogP contribution in [0.4, 0.5) is 0 Å². The summed E-state index contributed by atoms with van der Waals surface area (Å²) in [6.07, 6.45) is 3.60. The van der Waals surface area contributed by atoms with Crippen LogP contribution in [0.5, 0.6) is 0 Å². The monoisotopic (exact) mass is 572 g/mol. The van der Waals surface area contributed by atoms with E-state index in [-0.39, 0.29) is 10.7 Å². The number of rotatable bonds is 8. The molecule has 0 saturated carbocycles. The van der Waals surface area contributed by atoms with Gasteiger partial charge in [0.05, 0.1) is 40.7 Å². The van der Waals surface area contributed by atoms with Crippen LogP contribution in [0.3, 0.4) is 0 Å². The lowest BCUT2D eigenvalue weighted by molar-refractivity contribution is 0.0606. The predicted octanol–water partition coefficient (Wildman–Crippen LogP) is 4.37. The molecule has 0 amide bonds. The van der Waals surface area contributed by atoms with Gasteiger partial charge in [0.2, 0.25) is 0 Å². The number of hydrogen-bond donors (Lipinski definition) is 2. The van der Waals surface area contributed by atoms with Crippen molar-refractivity contribution in [1.29, 1.82) is 5.41 Å². The third kappa shape index (κ3) is 6.98. The summed E-state index contributed by atoms with van der Waals surface area (Å²) < 4.78 is 54.1. The number of esters is 1. The normalized spacial score (nSPS) is 11.9. The third-order valence-corrected chi connectivity index (χ3v) is 13.6. The van der Waals surface area contributed by atoms with E-state index in [9.17, 15) is 21.6 Å². The molecule has 14 heteroatoms. The molecule has 0 atom stereocenters. The topological polar surface area (TPSA) is 144 Å². The molecule has 2 aromatic heterocycles. The van der Waals surface area contributed by atoms with Crippen molar-refractivity contribution in [3.8, 4) is 0 Å². The highest BCUT2D eigenvalue weighted by molar-refractivity contribution is 8.02. The number of nitrogen functional groups attached to an aromatic ring is 1. The van der Waals surface area contributed by atoms with Crippen LogP contribution in [0.1, 0.15) is 42.2 Å². The minimum Gasteiger partial charge on any atom is -0.465 e. The fourth-order valence-electron chi connectivity index (χ4n) is 2.24. The largest absolute Gasteiger partial charge is 0.465 e. The molecule has 0 aliphatic rings. The molecule has 0 aliphatic heterocycles. The molecule has 2 rings (SSSR count). The molecule has 3 N–H and O–H groups in total. The Morgan fingerprint density at radius 2 is 1.27 bits per heavy atom. The molecular weight excluding hydrogens is 545 g/mol. The molecule has 0 bridgehead atoms. The summed E-state index contributed by atoms with van der Waals surface area (Å²) in [6.45, 7) is 6.53. The predicted molar refractivity (Wildman–Crippen MR) is 139 cm³/mol. The molecule has 0 aromatic carbocycles. The molecule has 8 nitrogen and oxygen atoms in total. The number of nitrogens with one attached hydrogen (secondary N) is 1. The SMILES string of the molecule is COC(=O)c1cc(S(=O)(=O)C(C)C)c(SC)s1.CSc1sc(C(=N)N)cc1S(=O)(=O)C(C)C. The van der Waals surface area contributed by atoms with Crippen molar-refractivity contribution in [3.05, 3.63) is 21.9 Å². The highest BCUT2D eigenvalue weighted by Gasteiger charge is 2.27. The Hall–Kier alpha value is -1.06. The maximum Gasteiger partial charge on any atom is 0.348 e. The lowest BCUT2D eigenvalue weighted by Crippen LogP contribution is -2.14. The number of thioether (sulfide) groups is 2. The van der Waals surface area contributed by atoms with Gasteiger partial charge in [0, 0.05) is 0 Å². The van der Waals surface area contributed by atoms with E-state index < -0.39 is 36.1 Å². The summed E-state index contributed by atoms with van der Waals surface area (Å²) in [5.41, 5.74) is 5.36. The molecule has 0 spiro atoms. The van der Waals surface area contributed by atoms with E-state index in [0.29, 0.717) is 23.1 Å². The molecule has 0 saturated heterocycles. The number of ether oxygens (including phenoxy) is 1. The Morgan fingerprint density at radius 3 is 1.58 bits per heavy atom. The summed E-state index contributed by atoms with van der Waals surface area (Å²) >= 11 is 5.08. The Balaban J connectivity index is 0.000000331. The second kappa shape index (κ2) is 12.1. The molecule has 0 radical (unpaired) electrons. The van der Waals surface area contributed by atoms with E-state index in [1.807, 2.05) is 6.26 Å². The Labute approximate surface area is 212 Å². The van der Waals surface area contributed by atoms with Gasteiger partial charge in [-0.15, -0.1) is 46.2 Å².